The van der Waals surface area contributed by atoms with Crippen molar-refractivity contribution in [1.82, 2.24) is 25.0 Å². The third-order valence-corrected chi connectivity index (χ3v) is 7.26. The Morgan fingerprint density at radius 1 is 1.31 bits per heavy atom. The summed E-state index contributed by atoms with van der Waals surface area (Å²) >= 11 is 7.84. The summed E-state index contributed by atoms with van der Waals surface area (Å²) in [7, 11) is 1.76. The Bertz CT molecular complexity index is 1450. The lowest BCUT2D eigenvalue weighted by atomic mass is 9.91. The van der Waals surface area contributed by atoms with Crippen molar-refractivity contribution in [3.8, 4) is 0 Å². The van der Waals surface area contributed by atoms with Gasteiger partial charge < -0.3 is 4.42 Å². The molecule has 0 saturated heterocycles. The van der Waals surface area contributed by atoms with Crippen molar-refractivity contribution in [1.29, 1.82) is 0 Å². The molecule has 36 heavy (non-hydrogen) atoms. The van der Waals surface area contributed by atoms with Crippen molar-refractivity contribution in [2.45, 2.75) is 39.2 Å². The topological polar surface area (TPSA) is 135 Å². The molecule has 186 valence electrons. The number of carbonyl (C=O) groups excluding carboxylic acids is 1. The highest BCUT2D eigenvalue weighted by Crippen LogP contribution is 2.35. The third-order valence-electron chi connectivity index (χ3n) is 5.90. The molecule has 3 aromatic heterocycles. The SMILES string of the molecule is CCC(C)c1nnc(NC(=O)C2C(C)=NC(Nc3nc4ccccc4o3)=NC2c2nn(C)cc2Cl)s1. The van der Waals surface area contributed by atoms with Gasteiger partial charge >= 0.3 is 6.01 Å². The number of hydrogen-bond donors (Lipinski definition) is 2. The van der Waals surface area contributed by atoms with E-state index in [4.69, 9.17) is 21.0 Å². The van der Waals surface area contributed by atoms with E-state index in [0.717, 1.165) is 11.4 Å². The Labute approximate surface area is 215 Å². The zero-order valence-corrected chi connectivity index (χ0v) is 21.6. The number of oxazole rings is 1. The van der Waals surface area contributed by atoms with E-state index in [-0.39, 0.29) is 23.8 Å². The quantitative estimate of drug-likeness (QED) is 0.368. The Morgan fingerprint density at radius 2 is 2.11 bits per heavy atom. The number of fused-ring (bicyclic) bond motifs is 1. The Morgan fingerprint density at radius 3 is 2.83 bits per heavy atom. The molecule has 13 heteroatoms. The second kappa shape index (κ2) is 9.78. The zero-order valence-electron chi connectivity index (χ0n) is 20.1. The number of nitrogens with zero attached hydrogens (tertiary/aromatic N) is 7. The number of anilines is 2. The molecule has 0 bridgehead atoms. The van der Waals surface area contributed by atoms with E-state index in [1.165, 1.54) is 11.3 Å². The molecule has 3 atom stereocenters. The normalized spacial score (nSPS) is 18.6. The largest absolute Gasteiger partial charge is 0.423 e. The van der Waals surface area contributed by atoms with Gasteiger partial charge in [0, 0.05) is 24.9 Å². The van der Waals surface area contributed by atoms with E-state index in [0.29, 0.717) is 32.7 Å². The van der Waals surface area contributed by atoms with Crippen LogP contribution in [0, 0.1) is 5.92 Å². The molecule has 1 aliphatic heterocycles. The summed E-state index contributed by atoms with van der Waals surface area (Å²) in [5, 5.41) is 20.4. The van der Waals surface area contributed by atoms with Crippen molar-refractivity contribution in [2.75, 3.05) is 10.6 Å². The number of para-hydroxylation sites is 2. The van der Waals surface area contributed by atoms with Crippen LogP contribution in [0.25, 0.3) is 11.1 Å². The monoisotopic (exact) mass is 525 g/mol. The van der Waals surface area contributed by atoms with Crippen LogP contribution in [-0.4, -0.2) is 42.5 Å². The van der Waals surface area contributed by atoms with Gasteiger partial charge in [0.25, 0.3) is 0 Å². The van der Waals surface area contributed by atoms with Gasteiger partial charge in [-0.2, -0.15) is 10.1 Å². The van der Waals surface area contributed by atoms with Gasteiger partial charge in [-0.25, -0.2) is 9.98 Å². The van der Waals surface area contributed by atoms with Crippen molar-refractivity contribution < 1.29 is 9.21 Å². The maximum atomic E-state index is 13.5. The predicted molar refractivity (Wildman–Crippen MR) is 140 cm³/mol. The molecule has 2 N–H and O–H groups in total. The molecule has 0 aliphatic carbocycles. The molecule has 1 aliphatic rings. The number of guanidine groups is 1. The Kier molecular flexibility index (Phi) is 6.54. The number of aromatic nitrogens is 5. The second-order valence-corrected chi connectivity index (χ2v) is 9.94. The molecule has 4 aromatic rings. The van der Waals surface area contributed by atoms with Gasteiger partial charge in [0.1, 0.15) is 28.2 Å². The first-order valence-electron chi connectivity index (χ1n) is 11.4. The molecular formula is C23H24ClN9O2S. The number of rotatable bonds is 6. The fourth-order valence-corrected chi connectivity index (χ4v) is 5.02. The van der Waals surface area contributed by atoms with Gasteiger partial charge in [-0.05, 0) is 25.5 Å². The molecule has 0 spiro atoms. The van der Waals surface area contributed by atoms with Crippen LogP contribution in [0.5, 0.6) is 0 Å². The summed E-state index contributed by atoms with van der Waals surface area (Å²) in [4.78, 5) is 27.1. The minimum absolute atomic E-state index is 0.241. The highest BCUT2D eigenvalue weighted by molar-refractivity contribution is 7.15. The van der Waals surface area contributed by atoms with Gasteiger partial charge in [-0.3, -0.25) is 20.1 Å². The first-order valence-corrected chi connectivity index (χ1v) is 12.6. The fraction of sp³-hybridized carbons (Fsp3) is 0.348. The van der Waals surface area contributed by atoms with E-state index in [2.05, 4.69) is 49.8 Å². The number of aryl methyl sites for hydroxylation is 1. The number of aliphatic imine (C=N–C) groups is 2. The van der Waals surface area contributed by atoms with Crippen LogP contribution in [0.4, 0.5) is 11.1 Å². The van der Waals surface area contributed by atoms with Gasteiger partial charge in [-0.15, -0.1) is 10.2 Å². The number of hydrogen-bond acceptors (Lipinski definition) is 10. The smallest absolute Gasteiger partial charge is 0.302 e. The fourth-order valence-electron chi connectivity index (χ4n) is 3.85. The molecule has 11 nitrogen and oxygen atoms in total. The van der Waals surface area contributed by atoms with Gasteiger partial charge in [0.15, 0.2) is 5.58 Å². The van der Waals surface area contributed by atoms with Crippen molar-refractivity contribution in [3.63, 3.8) is 0 Å². The van der Waals surface area contributed by atoms with Crippen LogP contribution in [-0.2, 0) is 11.8 Å². The van der Waals surface area contributed by atoms with Crippen LogP contribution in [0.3, 0.4) is 0 Å². The van der Waals surface area contributed by atoms with Gasteiger partial charge in [0.2, 0.25) is 17.0 Å². The Balaban J connectivity index is 1.45. The maximum Gasteiger partial charge on any atom is 0.302 e. The van der Waals surface area contributed by atoms with Crippen molar-refractivity contribution >= 4 is 62.8 Å². The molecule has 5 rings (SSSR count). The summed E-state index contributed by atoms with van der Waals surface area (Å²) in [6, 6.07) is 6.92. The summed E-state index contributed by atoms with van der Waals surface area (Å²) < 4.78 is 7.33. The highest BCUT2D eigenvalue weighted by atomic mass is 35.5. The lowest BCUT2D eigenvalue weighted by Crippen LogP contribution is -2.37. The van der Waals surface area contributed by atoms with E-state index in [1.54, 1.807) is 24.9 Å². The van der Waals surface area contributed by atoms with Gasteiger partial charge in [-0.1, -0.05) is 48.9 Å². The summed E-state index contributed by atoms with van der Waals surface area (Å²) in [5.41, 5.74) is 2.32. The number of halogens is 1. The number of carbonyl (C=O) groups is 1. The highest BCUT2D eigenvalue weighted by Gasteiger charge is 2.38. The maximum absolute atomic E-state index is 13.5. The molecule has 3 unspecified atom stereocenters. The average Bonchev–Trinajstić information content (AvgIpc) is 3.55. The molecule has 1 aromatic carbocycles. The van der Waals surface area contributed by atoms with E-state index in [9.17, 15) is 4.79 Å². The van der Waals surface area contributed by atoms with Gasteiger partial charge in [0.05, 0.1) is 5.02 Å². The van der Waals surface area contributed by atoms with E-state index < -0.39 is 12.0 Å². The number of benzene rings is 1. The standard InChI is InChI=1S/C23H24ClN9O2S/c1-5-11(2)20-30-31-23(36-20)28-19(34)16-12(3)25-21(27-18(16)17-13(24)10-33(4)32-17)29-22-26-14-8-6-7-9-15(14)35-22/h6-11,16,18H,5H2,1-4H3,(H,26,27,29)(H,28,31,34). The minimum atomic E-state index is -0.762. The van der Waals surface area contributed by atoms with Crippen LogP contribution in [0.1, 0.15) is 49.9 Å². The van der Waals surface area contributed by atoms with E-state index >= 15 is 0 Å². The van der Waals surface area contributed by atoms with Crippen LogP contribution < -0.4 is 10.6 Å². The second-order valence-electron chi connectivity index (χ2n) is 8.52. The average molecular weight is 526 g/mol. The predicted octanol–water partition coefficient (Wildman–Crippen LogP) is 4.82. The van der Waals surface area contributed by atoms with Crippen LogP contribution >= 0.6 is 22.9 Å². The summed E-state index contributed by atoms with van der Waals surface area (Å²) in [6.07, 6.45) is 2.60. The summed E-state index contributed by atoms with van der Waals surface area (Å²) in [5.74, 6) is -0.580. The van der Waals surface area contributed by atoms with E-state index in [1.807, 2.05) is 24.3 Å². The lowest BCUT2D eigenvalue weighted by Gasteiger charge is -2.26. The zero-order chi connectivity index (χ0) is 25.4. The third kappa shape index (κ3) is 4.73. The van der Waals surface area contributed by atoms with Crippen molar-refractivity contribution in [3.05, 3.63) is 46.2 Å². The molecule has 1 amide bonds. The first-order chi connectivity index (χ1) is 17.3. The number of nitrogens with one attached hydrogen (secondary N) is 2. The first kappa shape index (κ1) is 24.1. The Hall–Kier alpha value is -3.64. The van der Waals surface area contributed by atoms with Crippen molar-refractivity contribution in [2.24, 2.45) is 23.0 Å². The minimum Gasteiger partial charge on any atom is -0.423 e. The number of amides is 1. The lowest BCUT2D eigenvalue weighted by molar-refractivity contribution is -0.118. The summed E-state index contributed by atoms with van der Waals surface area (Å²) in [6.45, 7) is 5.92. The molecule has 0 radical (unpaired) electrons. The molecular weight excluding hydrogens is 502 g/mol. The molecule has 4 heterocycles. The molecule has 0 fully saturated rings. The van der Waals surface area contributed by atoms with Crippen LogP contribution in [0.15, 0.2) is 44.9 Å². The van der Waals surface area contributed by atoms with Crippen LogP contribution in [0.2, 0.25) is 5.02 Å². The molecule has 0 saturated carbocycles.